The van der Waals surface area contributed by atoms with Crippen LogP contribution in [0.25, 0.3) is 0 Å². The number of benzene rings is 2. The molecule has 1 aliphatic rings. The third-order valence-corrected chi connectivity index (χ3v) is 5.15. The van der Waals surface area contributed by atoms with E-state index >= 15 is 0 Å². The largest absolute Gasteiger partial charge is 0.495 e. The van der Waals surface area contributed by atoms with Gasteiger partial charge in [-0.05, 0) is 62.1 Å². The van der Waals surface area contributed by atoms with Gasteiger partial charge in [0.1, 0.15) is 11.2 Å². The van der Waals surface area contributed by atoms with Crippen molar-refractivity contribution < 1.29 is 14.3 Å². The lowest BCUT2D eigenvalue weighted by Gasteiger charge is -2.18. The third kappa shape index (κ3) is 3.40. The van der Waals surface area contributed by atoms with Crippen LogP contribution in [0.5, 0.6) is 5.75 Å². The van der Waals surface area contributed by atoms with Gasteiger partial charge >= 0.3 is 0 Å². The molecule has 0 bridgehead atoms. The molecule has 0 unspecified atom stereocenters. The lowest BCUT2D eigenvalue weighted by molar-refractivity contribution is -0.131. The first-order valence-electron chi connectivity index (χ1n) is 8.40. The monoisotopic (exact) mass is 372 g/mol. The summed E-state index contributed by atoms with van der Waals surface area (Å²) in [6, 6.07) is 10.8. The second-order valence-electron chi connectivity index (χ2n) is 6.61. The van der Waals surface area contributed by atoms with Crippen LogP contribution < -0.4 is 15.4 Å². The molecule has 0 aliphatic heterocycles. The van der Waals surface area contributed by atoms with Gasteiger partial charge in [-0.1, -0.05) is 23.7 Å². The molecule has 2 N–H and O–H groups in total. The predicted molar refractivity (Wildman–Crippen MR) is 103 cm³/mol. The van der Waals surface area contributed by atoms with Gasteiger partial charge in [-0.15, -0.1) is 0 Å². The van der Waals surface area contributed by atoms with Gasteiger partial charge in [-0.3, -0.25) is 9.59 Å². The van der Waals surface area contributed by atoms with Crippen molar-refractivity contribution in [2.24, 2.45) is 5.41 Å². The molecule has 0 spiro atoms. The van der Waals surface area contributed by atoms with E-state index in [2.05, 4.69) is 10.6 Å². The van der Waals surface area contributed by atoms with Crippen LogP contribution in [-0.4, -0.2) is 18.9 Å². The van der Waals surface area contributed by atoms with Crippen molar-refractivity contribution in [2.75, 3.05) is 17.7 Å². The fourth-order valence-electron chi connectivity index (χ4n) is 2.83. The average Bonchev–Trinajstić information content (AvgIpc) is 3.41. The van der Waals surface area contributed by atoms with Gasteiger partial charge in [-0.2, -0.15) is 0 Å². The van der Waals surface area contributed by atoms with E-state index in [0.29, 0.717) is 35.0 Å². The van der Waals surface area contributed by atoms with Crippen molar-refractivity contribution in [3.05, 3.63) is 52.5 Å². The zero-order chi connectivity index (χ0) is 18.9. The molecule has 0 aromatic heterocycles. The normalized spacial score (nSPS) is 14.5. The zero-order valence-electron chi connectivity index (χ0n) is 15.0. The zero-order valence-corrected chi connectivity index (χ0v) is 15.7. The number of carbonyl (C=O) groups excluding carboxylic acids is 2. The van der Waals surface area contributed by atoms with Crippen LogP contribution in [0, 0.1) is 19.3 Å². The Bertz CT molecular complexity index is 875. The number of nitrogens with one attached hydrogen (secondary N) is 2. The molecular weight excluding hydrogens is 352 g/mol. The van der Waals surface area contributed by atoms with Gasteiger partial charge in [0.2, 0.25) is 11.8 Å². The Morgan fingerprint density at radius 3 is 2.31 bits per heavy atom. The first kappa shape index (κ1) is 18.3. The minimum absolute atomic E-state index is 0.313. The molecule has 0 saturated heterocycles. The Morgan fingerprint density at radius 1 is 1.04 bits per heavy atom. The molecule has 3 rings (SSSR count). The van der Waals surface area contributed by atoms with Crippen molar-refractivity contribution in [1.82, 2.24) is 0 Å². The maximum Gasteiger partial charge on any atom is 0.240 e. The van der Waals surface area contributed by atoms with E-state index in [1.54, 1.807) is 31.4 Å². The van der Waals surface area contributed by atoms with Crippen LogP contribution in [0.4, 0.5) is 11.4 Å². The van der Waals surface area contributed by atoms with E-state index in [9.17, 15) is 9.59 Å². The second kappa shape index (κ2) is 7.00. The number of aryl methyl sites for hydroxylation is 1. The highest BCUT2D eigenvalue weighted by molar-refractivity contribution is 6.31. The number of ether oxygens (including phenoxy) is 1. The van der Waals surface area contributed by atoms with E-state index in [4.69, 9.17) is 16.3 Å². The Hall–Kier alpha value is -2.53. The number of halogens is 1. The number of methoxy groups -OCH3 is 1. The predicted octanol–water partition coefficient (Wildman–Crippen LogP) is 4.32. The van der Waals surface area contributed by atoms with Crippen LogP contribution in [0.2, 0.25) is 5.02 Å². The summed E-state index contributed by atoms with van der Waals surface area (Å²) < 4.78 is 5.29. The fourth-order valence-corrected chi connectivity index (χ4v) is 3.00. The van der Waals surface area contributed by atoms with Crippen LogP contribution in [0.1, 0.15) is 24.0 Å². The summed E-state index contributed by atoms with van der Waals surface area (Å²) in [4.78, 5) is 25.6. The molecule has 26 heavy (non-hydrogen) atoms. The number of hydrogen-bond acceptors (Lipinski definition) is 3. The maximum absolute atomic E-state index is 12.8. The molecule has 1 aliphatic carbocycles. The van der Waals surface area contributed by atoms with Gasteiger partial charge < -0.3 is 15.4 Å². The molecule has 6 heteroatoms. The number of rotatable bonds is 5. The van der Waals surface area contributed by atoms with E-state index in [-0.39, 0.29) is 11.8 Å². The minimum Gasteiger partial charge on any atom is -0.495 e. The molecule has 0 radical (unpaired) electrons. The van der Waals surface area contributed by atoms with E-state index in [1.807, 2.05) is 26.0 Å². The molecule has 5 nitrogen and oxygen atoms in total. The van der Waals surface area contributed by atoms with Gasteiger partial charge in [-0.25, -0.2) is 0 Å². The molecule has 1 saturated carbocycles. The summed E-state index contributed by atoms with van der Waals surface area (Å²) in [5.74, 6) is -0.0728. The molecule has 0 heterocycles. The lowest BCUT2D eigenvalue weighted by atomic mass is 10.0. The van der Waals surface area contributed by atoms with Crippen LogP contribution >= 0.6 is 11.6 Å². The quantitative estimate of drug-likeness (QED) is 0.768. The van der Waals surface area contributed by atoms with Crippen molar-refractivity contribution in [3.8, 4) is 5.75 Å². The highest BCUT2D eigenvalue weighted by Gasteiger charge is 2.56. The van der Waals surface area contributed by atoms with Gasteiger partial charge in [0.05, 0.1) is 12.8 Å². The summed E-state index contributed by atoms with van der Waals surface area (Å²) in [5, 5.41) is 6.26. The highest BCUT2D eigenvalue weighted by atomic mass is 35.5. The molecule has 2 aromatic carbocycles. The van der Waals surface area contributed by atoms with E-state index < -0.39 is 5.41 Å². The number of carbonyl (C=O) groups is 2. The Labute approximate surface area is 157 Å². The van der Waals surface area contributed by atoms with Crippen LogP contribution in [0.15, 0.2) is 36.4 Å². The Kier molecular flexibility index (Phi) is 4.92. The van der Waals surface area contributed by atoms with Crippen molar-refractivity contribution in [2.45, 2.75) is 26.7 Å². The number of anilines is 2. The topological polar surface area (TPSA) is 67.4 Å². The summed E-state index contributed by atoms with van der Waals surface area (Å²) in [6.07, 6.45) is 1.02. The van der Waals surface area contributed by atoms with Crippen molar-refractivity contribution in [1.29, 1.82) is 0 Å². The highest BCUT2D eigenvalue weighted by Crippen LogP contribution is 2.48. The van der Waals surface area contributed by atoms with Gasteiger partial charge in [0, 0.05) is 10.7 Å². The summed E-state index contributed by atoms with van der Waals surface area (Å²) >= 11 is 6.10. The smallest absolute Gasteiger partial charge is 0.240 e. The molecule has 0 atom stereocenters. The fraction of sp³-hybridized carbons (Fsp3) is 0.300. The van der Waals surface area contributed by atoms with Crippen molar-refractivity contribution >= 4 is 34.8 Å². The SMILES string of the molecule is COc1ccc(C)cc1NC(=O)C1(C(=O)Nc2cccc(Cl)c2C)CC1. The Balaban J connectivity index is 1.78. The van der Waals surface area contributed by atoms with E-state index in [1.165, 1.54) is 0 Å². The van der Waals surface area contributed by atoms with Gasteiger partial charge in [0.25, 0.3) is 0 Å². The van der Waals surface area contributed by atoms with Crippen LogP contribution in [-0.2, 0) is 9.59 Å². The standard InChI is InChI=1S/C20H21ClN2O3/c1-12-7-8-17(26-3)16(11-12)23-19(25)20(9-10-20)18(24)22-15-6-4-5-14(21)13(15)2/h4-8,11H,9-10H2,1-3H3,(H,22,24)(H,23,25). The molecule has 2 aromatic rings. The lowest BCUT2D eigenvalue weighted by Crippen LogP contribution is -2.36. The van der Waals surface area contributed by atoms with Gasteiger partial charge in [0.15, 0.2) is 0 Å². The molecular formula is C20H21ClN2O3. The average molecular weight is 373 g/mol. The molecule has 136 valence electrons. The first-order chi connectivity index (χ1) is 12.4. The van der Waals surface area contributed by atoms with Crippen molar-refractivity contribution in [3.63, 3.8) is 0 Å². The second-order valence-corrected chi connectivity index (χ2v) is 7.01. The molecule has 1 fully saturated rings. The van der Waals surface area contributed by atoms with E-state index in [0.717, 1.165) is 11.1 Å². The number of amides is 2. The summed E-state index contributed by atoms with van der Waals surface area (Å²) in [7, 11) is 1.54. The minimum atomic E-state index is -1.05. The maximum atomic E-state index is 12.8. The van der Waals surface area contributed by atoms with Crippen LogP contribution in [0.3, 0.4) is 0 Å². The summed E-state index contributed by atoms with van der Waals surface area (Å²) in [5.41, 5.74) is 1.90. The molecule has 2 amide bonds. The third-order valence-electron chi connectivity index (χ3n) is 4.74. The number of hydrogen-bond donors (Lipinski definition) is 2. The first-order valence-corrected chi connectivity index (χ1v) is 8.78. The Morgan fingerprint density at radius 2 is 1.69 bits per heavy atom. The summed E-state index contributed by atoms with van der Waals surface area (Å²) in [6.45, 7) is 3.76.